The van der Waals surface area contributed by atoms with Gasteiger partial charge in [0.15, 0.2) is 0 Å². The Morgan fingerprint density at radius 2 is 2.00 bits per heavy atom. The summed E-state index contributed by atoms with van der Waals surface area (Å²) in [6.45, 7) is 0.0604. The Balaban J connectivity index is 2.37. The predicted molar refractivity (Wildman–Crippen MR) is 62.6 cm³/mol. The van der Waals surface area contributed by atoms with Gasteiger partial charge in [0.25, 0.3) is 0 Å². The Labute approximate surface area is 103 Å². The third-order valence-electron chi connectivity index (χ3n) is 2.70. The highest BCUT2D eigenvalue weighted by atomic mass is 32.2. The summed E-state index contributed by atoms with van der Waals surface area (Å²) in [7, 11) is -3.75. The number of nitrogens with zero attached hydrogens (tertiary/aromatic N) is 1. The summed E-state index contributed by atoms with van der Waals surface area (Å²) < 4.78 is 25.2. The predicted octanol–water partition coefficient (Wildman–Crippen LogP) is -0.668. The van der Waals surface area contributed by atoms with Crippen molar-refractivity contribution < 1.29 is 23.4 Å². The molecule has 0 bridgehead atoms. The highest BCUT2D eigenvalue weighted by Crippen LogP contribution is 2.26. The van der Waals surface area contributed by atoms with Gasteiger partial charge in [-0.2, -0.15) is 4.31 Å². The van der Waals surface area contributed by atoms with E-state index in [1.54, 1.807) is 0 Å². The molecule has 1 heterocycles. The van der Waals surface area contributed by atoms with Crippen LogP contribution < -0.4 is 5.73 Å². The van der Waals surface area contributed by atoms with Crippen molar-refractivity contribution >= 4 is 21.7 Å². The van der Waals surface area contributed by atoms with E-state index in [4.69, 9.17) is 15.9 Å². The fraction of sp³-hybridized carbons (Fsp3) is 0.300. The van der Waals surface area contributed by atoms with Gasteiger partial charge in [-0.15, -0.1) is 0 Å². The minimum Gasteiger partial charge on any atom is -0.478 e. The molecular weight excluding hydrogens is 260 g/mol. The first kappa shape index (κ1) is 12.8. The van der Waals surface area contributed by atoms with Crippen LogP contribution in [0.1, 0.15) is 10.4 Å². The molecule has 0 saturated carbocycles. The number of anilines is 1. The van der Waals surface area contributed by atoms with Crippen molar-refractivity contribution in [2.45, 2.75) is 11.0 Å². The average Bonchev–Trinajstić information content (AvgIpc) is 2.24. The first-order valence-electron chi connectivity index (χ1n) is 5.13. The second kappa shape index (κ2) is 4.23. The first-order valence-corrected chi connectivity index (χ1v) is 6.57. The van der Waals surface area contributed by atoms with Crippen LogP contribution in [0.5, 0.6) is 0 Å². The van der Waals surface area contributed by atoms with Gasteiger partial charge in [0.05, 0.1) is 17.4 Å². The van der Waals surface area contributed by atoms with Crippen LogP contribution in [-0.2, 0) is 10.0 Å². The zero-order valence-corrected chi connectivity index (χ0v) is 10.1. The Bertz CT molecular complexity index is 592. The molecule has 0 radical (unpaired) electrons. The van der Waals surface area contributed by atoms with E-state index >= 15 is 0 Å². The number of carboxylic acids is 1. The zero-order chi connectivity index (χ0) is 13.5. The molecule has 1 aromatic rings. The molecule has 1 aromatic carbocycles. The van der Waals surface area contributed by atoms with Crippen LogP contribution in [0.2, 0.25) is 0 Å². The summed E-state index contributed by atoms with van der Waals surface area (Å²) in [4.78, 5) is 10.6. The number of hydrogen-bond donors (Lipinski definition) is 3. The number of hydrogen-bond acceptors (Lipinski definition) is 5. The van der Waals surface area contributed by atoms with Gasteiger partial charge in [0.1, 0.15) is 4.90 Å². The van der Waals surface area contributed by atoms with Crippen molar-refractivity contribution in [1.82, 2.24) is 4.31 Å². The van der Waals surface area contributed by atoms with Gasteiger partial charge >= 0.3 is 5.97 Å². The smallest absolute Gasteiger partial charge is 0.335 e. The van der Waals surface area contributed by atoms with Gasteiger partial charge in [-0.05, 0) is 18.2 Å². The molecule has 0 atom stereocenters. The number of β-amino-alcohol motifs (C(OH)–C–C–N with tert-alkyl or cyclic N) is 1. The number of sulfonamides is 1. The molecule has 8 heteroatoms. The standard InChI is InChI=1S/C10H12N2O5S/c11-8-3-6(10(14)15)1-2-9(8)18(16,17)12-4-7(13)5-12/h1-3,7,13H,4-5,11H2,(H,14,15). The Hall–Kier alpha value is -1.64. The topological polar surface area (TPSA) is 121 Å². The molecule has 2 rings (SSSR count). The molecule has 1 fully saturated rings. The molecule has 18 heavy (non-hydrogen) atoms. The largest absolute Gasteiger partial charge is 0.478 e. The third kappa shape index (κ3) is 2.05. The quantitative estimate of drug-likeness (QED) is 0.628. The SMILES string of the molecule is Nc1cc(C(=O)O)ccc1S(=O)(=O)N1CC(O)C1. The molecule has 0 aliphatic carbocycles. The Kier molecular flexibility index (Phi) is 3.01. The second-order valence-corrected chi connectivity index (χ2v) is 5.94. The molecule has 7 nitrogen and oxygen atoms in total. The number of nitrogen functional groups attached to an aromatic ring is 1. The van der Waals surface area contributed by atoms with Crippen LogP contribution in [0.4, 0.5) is 5.69 Å². The molecule has 0 aromatic heterocycles. The Morgan fingerprint density at radius 3 is 2.44 bits per heavy atom. The monoisotopic (exact) mass is 272 g/mol. The van der Waals surface area contributed by atoms with Crippen molar-refractivity contribution in [3.05, 3.63) is 23.8 Å². The maximum Gasteiger partial charge on any atom is 0.335 e. The summed E-state index contributed by atoms with van der Waals surface area (Å²) >= 11 is 0. The number of carboxylic acid groups (broad SMARTS) is 1. The molecule has 0 spiro atoms. The molecule has 1 aliphatic rings. The van der Waals surface area contributed by atoms with Gasteiger partial charge < -0.3 is 15.9 Å². The minimum absolute atomic E-state index is 0.0302. The maximum absolute atomic E-state index is 12.0. The van der Waals surface area contributed by atoms with E-state index < -0.39 is 22.1 Å². The van der Waals surface area contributed by atoms with E-state index in [0.29, 0.717) is 0 Å². The number of rotatable bonds is 3. The van der Waals surface area contributed by atoms with Gasteiger partial charge in [0, 0.05) is 13.1 Å². The highest BCUT2D eigenvalue weighted by Gasteiger charge is 2.36. The lowest BCUT2D eigenvalue weighted by atomic mass is 10.2. The molecule has 4 N–H and O–H groups in total. The lowest BCUT2D eigenvalue weighted by Crippen LogP contribution is -2.53. The molecule has 0 amide bonds. The van der Waals surface area contributed by atoms with E-state index in [-0.39, 0.29) is 29.2 Å². The van der Waals surface area contributed by atoms with Gasteiger partial charge in [-0.25, -0.2) is 13.2 Å². The summed E-state index contributed by atoms with van der Waals surface area (Å²) in [5.41, 5.74) is 5.38. The molecule has 1 aliphatic heterocycles. The van der Waals surface area contributed by atoms with Gasteiger partial charge in [-0.1, -0.05) is 0 Å². The third-order valence-corrected chi connectivity index (χ3v) is 4.61. The van der Waals surface area contributed by atoms with Crippen LogP contribution in [0.3, 0.4) is 0 Å². The highest BCUT2D eigenvalue weighted by molar-refractivity contribution is 7.89. The number of aromatic carboxylic acids is 1. The average molecular weight is 272 g/mol. The molecule has 1 saturated heterocycles. The zero-order valence-electron chi connectivity index (χ0n) is 9.28. The molecule has 0 unspecified atom stereocenters. The first-order chi connectivity index (χ1) is 8.32. The van der Waals surface area contributed by atoms with Crippen molar-refractivity contribution in [1.29, 1.82) is 0 Å². The van der Waals surface area contributed by atoms with Gasteiger partial charge in [0.2, 0.25) is 10.0 Å². The van der Waals surface area contributed by atoms with Crippen LogP contribution in [0, 0.1) is 0 Å². The van der Waals surface area contributed by atoms with Crippen molar-refractivity contribution in [2.24, 2.45) is 0 Å². The van der Waals surface area contributed by atoms with Crippen molar-refractivity contribution in [3.63, 3.8) is 0 Å². The summed E-state index contributed by atoms with van der Waals surface area (Å²) in [5, 5.41) is 17.9. The van der Waals surface area contributed by atoms with E-state index in [0.717, 1.165) is 10.4 Å². The number of aliphatic hydroxyl groups is 1. The molecular formula is C10H12N2O5S. The van der Waals surface area contributed by atoms with Crippen molar-refractivity contribution in [3.8, 4) is 0 Å². The maximum atomic E-state index is 12.0. The summed E-state index contributed by atoms with van der Waals surface area (Å²) in [6.07, 6.45) is -0.653. The lowest BCUT2D eigenvalue weighted by molar-refractivity contribution is 0.0548. The van der Waals surface area contributed by atoms with Crippen molar-refractivity contribution in [2.75, 3.05) is 18.8 Å². The molecule has 98 valence electrons. The summed E-state index contributed by atoms with van der Waals surface area (Å²) in [6, 6.07) is 3.45. The second-order valence-electron chi connectivity index (χ2n) is 4.03. The lowest BCUT2D eigenvalue weighted by Gasteiger charge is -2.34. The van der Waals surface area contributed by atoms with E-state index in [1.807, 2.05) is 0 Å². The van der Waals surface area contributed by atoms with E-state index in [9.17, 15) is 13.2 Å². The van der Waals surface area contributed by atoms with Gasteiger partial charge in [-0.3, -0.25) is 0 Å². The van der Waals surface area contributed by atoms with Crippen LogP contribution in [0.25, 0.3) is 0 Å². The van der Waals surface area contributed by atoms with E-state index in [2.05, 4.69) is 0 Å². The number of nitrogens with two attached hydrogens (primary N) is 1. The normalized spacial score (nSPS) is 17.4. The van der Waals surface area contributed by atoms with E-state index in [1.165, 1.54) is 12.1 Å². The number of aliphatic hydroxyl groups excluding tert-OH is 1. The number of benzene rings is 1. The summed E-state index contributed by atoms with van der Waals surface area (Å²) in [5.74, 6) is -1.18. The van der Waals surface area contributed by atoms with Crippen LogP contribution >= 0.6 is 0 Å². The van der Waals surface area contributed by atoms with Crippen LogP contribution in [-0.4, -0.2) is 48.1 Å². The minimum atomic E-state index is -3.75. The Morgan fingerprint density at radius 1 is 1.39 bits per heavy atom. The van der Waals surface area contributed by atoms with Crippen LogP contribution in [0.15, 0.2) is 23.1 Å². The fourth-order valence-electron chi connectivity index (χ4n) is 1.67. The number of carbonyl (C=O) groups is 1. The fourth-order valence-corrected chi connectivity index (χ4v) is 3.28.